The molecule has 1 aromatic rings. The third-order valence-corrected chi connectivity index (χ3v) is 7.68. The van der Waals surface area contributed by atoms with E-state index in [0.29, 0.717) is 10.8 Å². The van der Waals surface area contributed by atoms with E-state index >= 15 is 0 Å². The standard InChI is InChI=1S/C15H24N2OS4/c1-5-7-9-19-14-16-17-15(22-14)20-10-12(8-6-2)21-13(18)11(3)4/h12H,3,5-10H2,1-2,4H3. The van der Waals surface area contributed by atoms with Crippen molar-refractivity contribution in [3.8, 4) is 0 Å². The van der Waals surface area contributed by atoms with E-state index in [9.17, 15) is 4.79 Å². The number of rotatable bonds is 11. The summed E-state index contributed by atoms with van der Waals surface area (Å²) in [4.78, 5) is 11.8. The smallest absolute Gasteiger partial charge is 0.214 e. The van der Waals surface area contributed by atoms with Crippen molar-refractivity contribution < 1.29 is 4.79 Å². The molecule has 0 saturated heterocycles. The molecule has 0 radical (unpaired) electrons. The van der Waals surface area contributed by atoms with Crippen LogP contribution in [0.15, 0.2) is 20.8 Å². The van der Waals surface area contributed by atoms with Gasteiger partial charge in [0, 0.05) is 16.8 Å². The van der Waals surface area contributed by atoms with Crippen LogP contribution in [-0.4, -0.2) is 32.1 Å². The summed E-state index contributed by atoms with van der Waals surface area (Å²) in [6, 6.07) is 0. The topological polar surface area (TPSA) is 42.9 Å². The number of hydrogen-bond acceptors (Lipinski definition) is 7. The van der Waals surface area contributed by atoms with Crippen LogP contribution in [0.1, 0.15) is 46.5 Å². The van der Waals surface area contributed by atoms with Gasteiger partial charge in [-0.1, -0.05) is 79.9 Å². The van der Waals surface area contributed by atoms with Gasteiger partial charge in [0.15, 0.2) is 8.68 Å². The first-order valence-electron chi connectivity index (χ1n) is 7.52. The second-order valence-electron chi connectivity index (χ2n) is 4.94. The van der Waals surface area contributed by atoms with Crippen molar-refractivity contribution in [2.75, 3.05) is 11.5 Å². The van der Waals surface area contributed by atoms with Crippen LogP contribution in [0.25, 0.3) is 0 Å². The van der Waals surface area contributed by atoms with E-state index in [-0.39, 0.29) is 5.12 Å². The Labute approximate surface area is 150 Å². The number of carbonyl (C=O) groups is 1. The number of thioether (sulfide) groups is 3. The average Bonchev–Trinajstić information content (AvgIpc) is 2.93. The van der Waals surface area contributed by atoms with Gasteiger partial charge in [0.05, 0.1) is 0 Å². The number of unbranched alkanes of at least 4 members (excludes halogenated alkanes) is 1. The highest BCUT2D eigenvalue weighted by Crippen LogP contribution is 2.32. The number of nitrogens with zero attached hydrogens (tertiary/aromatic N) is 2. The lowest BCUT2D eigenvalue weighted by atomic mass is 10.3. The quantitative estimate of drug-likeness (QED) is 0.287. The molecule has 1 unspecified atom stereocenters. The Morgan fingerprint density at radius 1 is 1.23 bits per heavy atom. The molecule has 7 heteroatoms. The van der Waals surface area contributed by atoms with Crippen LogP contribution in [0, 0.1) is 0 Å². The van der Waals surface area contributed by atoms with E-state index in [1.54, 1.807) is 41.8 Å². The van der Waals surface area contributed by atoms with Gasteiger partial charge in [0.25, 0.3) is 0 Å². The predicted octanol–water partition coefficient (Wildman–Crippen LogP) is 5.53. The van der Waals surface area contributed by atoms with Crippen molar-refractivity contribution in [2.45, 2.75) is 60.4 Å². The SMILES string of the molecule is C=C(C)C(=O)SC(CCC)CSc1nnc(SCCCC)s1. The minimum absolute atomic E-state index is 0.104. The molecular weight excluding hydrogens is 352 g/mol. The van der Waals surface area contributed by atoms with E-state index in [1.807, 2.05) is 0 Å². The van der Waals surface area contributed by atoms with Gasteiger partial charge in [-0.15, -0.1) is 10.2 Å². The predicted molar refractivity (Wildman–Crippen MR) is 102 cm³/mol. The van der Waals surface area contributed by atoms with Crippen LogP contribution in [-0.2, 0) is 4.79 Å². The van der Waals surface area contributed by atoms with Crippen molar-refractivity contribution in [1.82, 2.24) is 10.2 Å². The van der Waals surface area contributed by atoms with Gasteiger partial charge in [-0.2, -0.15) is 0 Å². The van der Waals surface area contributed by atoms with Gasteiger partial charge in [-0.3, -0.25) is 4.79 Å². The summed E-state index contributed by atoms with van der Waals surface area (Å²) in [7, 11) is 0. The molecule has 22 heavy (non-hydrogen) atoms. The molecule has 0 saturated carbocycles. The van der Waals surface area contributed by atoms with Gasteiger partial charge in [0.1, 0.15) is 0 Å². The number of carbonyl (C=O) groups excluding carboxylic acids is 1. The maximum absolute atomic E-state index is 11.8. The van der Waals surface area contributed by atoms with Crippen LogP contribution in [0.5, 0.6) is 0 Å². The van der Waals surface area contributed by atoms with Gasteiger partial charge in [-0.05, 0) is 25.3 Å². The molecule has 1 rings (SSSR count). The molecule has 0 N–H and O–H groups in total. The maximum Gasteiger partial charge on any atom is 0.214 e. The zero-order valence-corrected chi connectivity index (χ0v) is 16.7. The van der Waals surface area contributed by atoms with Crippen LogP contribution in [0.4, 0.5) is 0 Å². The second kappa shape index (κ2) is 11.5. The molecule has 0 aliphatic rings. The van der Waals surface area contributed by atoms with Crippen molar-refractivity contribution >= 4 is 51.7 Å². The first kappa shape index (κ1) is 20.1. The molecule has 124 valence electrons. The Balaban J connectivity index is 2.43. The molecule has 1 heterocycles. The summed E-state index contributed by atoms with van der Waals surface area (Å²) >= 11 is 6.57. The second-order valence-corrected chi connectivity index (χ2v) is 9.80. The van der Waals surface area contributed by atoms with Gasteiger partial charge in [-0.25, -0.2) is 0 Å². The third-order valence-electron chi connectivity index (χ3n) is 2.74. The molecule has 0 aliphatic carbocycles. The maximum atomic E-state index is 11.8. The molecule has 0 aromatic carbocycles. The fraction of sp³-hybridized carbons (Fsp3) is 0.667. The van der Waals surface area contributed by atoms with E-state index in [1.165, 1.54) is 24.6 Å². The Morgan fingerprint density at radius 3 is 2.50 bits per heavy atom. The monoisotopic (exact) mass is 376 g/mol. The summed E-state index contributed by atoms with van der Waals surface area (Å²) in [6.07, 6.45) is 4.54. The molecule has 1 aromatic heterocycles. The Kier molecular flexibility index (Phi) is 10.5. The fourth-order valence-corrected chi connectivity index (χ4v) is 6.04. The largest absolute Gasteiger partial charge is 0.282 e. The zero-order chi connectivity index (χ0) is 16.4. The number of hydrogen-bond donors (Lipinski definition) is 0. The fourth-order valence-electron chi connectivity index (χ4n) is 1.53. The molecule has 0 aliphatic heterocycles. The van der Waals surface area contributed by atoms with Crippen molar-refractivity contribution in [3.63, 3.8) is 0 Å². The van der Waals surface area contributed by atoms with Crippen LogP contribution in [0.2, 0.25) is 0 Å². The highest BCUT2D eigenvalue weighted by Gasteiger charge is 2.16. The molecule has 3 nitrogen and oxygen atoms in total. The van der Waals surface area contributed by atoms with Gasteiger partial charge in [0.2, 0.25) is 5.12 Å². The summed E-state index contributed by atoms with van der Waals surface area (Å²) in [5.41, 5.74) is 0.627. The van der Waals surface area contributed by atoms with Gasteiger partial charge < -0.3 is 0 Å². The molecule has 0 spiro atoms. The van der Waals surface area contributed by atoms with Crippen LogP contribution < -0.4 is 0 Å². The van der Waals surface area contributed by atoms with Crippen molar-refractivity contribution in [3.05, 3.63) is 12.2 Å². The highest BCUT2D eigenvalue weighted by atomic mass is 32.2. The lowest BCUT2D eigenvalue weighted by Crippen LogP contribution is -2.10. The number of aromatic nitrogens is 2. The summed E-state index contributed by atoms with van der Waals surface area (Å²) in [5, 5.41) is 8.89. The van der Waals surface area contributed by atoms with Crippen molar-refractivity contribution in [1.29, 1.82) is 0 Å². The molecule has 1 atom stereocenters. The molecule has 0 bridgehead atoms. The Hall–Kier alpha value is 0.0200. The normalized spacial score (nSPS) is 12.3. The minimum Gasteiger partial charge on any atom is -0.282 e. The lowest BCUT2D eigenvalue weighted by molar-refractivity contribution is -0.107. The lowest BCUT2D eigenvalue weighted by Gasteiger charge is -2.13. The highest BCUT2D eigenvalue weighted by molar-refractivity contribution is 8.15. The summed E-state index contributed by atoms with van der Waals surface area (Å²) in [6.45, 7) is 9.84. The summed E-state index contributed by atoms with van der Waals surface area (Å²) in [5.74, 6) is 2.00. The summed E-state index contributed by atoms with van der Waals surface area (Å²) < 4.78 is 2.05. The molecule has 0 fully saturated rings. The Bertz CT molecular complexity index is 476. The van der Waals surface area contributed by atoms with Crippen molar-refractivity contribution in [2.24, 2.45) is 0 Å². The van der Waals surface area contributed by atoms with E-state index in [2.05, 4.69) is 30.6 Å². The van der Waals surface area contributed by atoms with E-state index in [4.69, 9.17) is 0 Å². The third kappa shape index (κ3) is 8.04. The van der Waals surface area contributed by atoms with Gasteiger partial charge >= 0.3 is 0 Å². The molecular formula is C15H24N2OS4. The first-order chi connectivity index (χ1) is 10.6. The zero-order valence-electron chi connectivity index (χ0n) is 13.5. The van der Waals surface area contributed by atoms with Crippen LogP contribution in [0.3, 0.4) is 0 Å². The molecule has 0 amide bonds. The Morgan fingerprint density at radius 2 is 1.91 bits per heavy atom. The average molecular weight is 377 g/mol. The van der Waals surface area contributed by atoms with E-state index < -0.39 is 0 Å². The van der Waals surface area contributed by atoms with E-state index in [0.717, 1.165) is 33.0 Å². The van der Waals surface area contributed by atoms with Crippen LogP contribution >= 0.6 is 46.6 Å². The minimum atomic E-state index is 0.104. The first-order valence-corrected chi connectivity index (χ1v) is 11.2.